The average molecular weight is 431 g/mol. The Morgan fingerprint density at radius 1 is 0.906 bits per heavy atom. The molecule has 0 aliphatic carbocycles. The fraction of sp³-hybridized carbons (Fsp3) is 0.120. The molecule has 3 aromatic carbocycles. The molecule has 1 unspecified atom stereocenters. The molecule has 2 aliphatic rings. The Morgan fingerprint density at radius 2 is 1.59 bits per heavy atom. The van der Waals surface area contributed by atoms with E-state index in [4.69, 9.17) is 9.47 Å². The largest absolute Gasteiger partial charge is 0.507 e. The van der Waals surface area contributed by atoms with Gasteiger partial charge in [0.2, 0.25) is 0 Å². The Kier molecular flexibility index (Phi) is 4.86. The van der Waals surface area contributed by atoms with Gasteiger partial charge in [-0.2, -0.15) is 0 Å². The molecule has 0 spiro atoms. The topological polar surface area (TPSA) is 76.1 Å². The molecule has 160 valence electrons. The molecule has 3 aromatic rings. The zero-order valence-electron chi connectivity index (χ0n) is 16.8. The summed E-state index contributed by atoms with van der Waals surface area (Å²) >= 11 is 0. The number of hydrogen-bond acceptors (Lipinski definition) is 5. The first-order valence-corrected chi connectivity index (χ1v) is 10.1. The average Bonchev–Trinajstić information content (AvgIpc) is 3.09. The summed E-state index contributed by atoms with van der Waals surface area (Å²) in [5.41, 5.74) is 0.598. The molecule has 1 N–H and O–H groups in total. The van der Waals surface area contributed by atoms with Gasteiger partial charge in [0.1, 0.15) is 24.8 Å². The number of rotatable bonds is 3. The number of hydrogen-bond donors (Lipinski definition) is 1. The van der Waals surface area contributed by atoms with Gasteiger partial charge in [0.15, 0.2) is 11.5 Å². The fourth-order valence-electron chi connectivity index (χ4n) is 4.02. The highest BCUT2D eigenvalue weighted by Gasteiger charge is 2.47. The quantitative estimate of drug-likeness (QED) is 0.382. The van der Waals surface area contributed by atoms with Crippen LogP contribution >= 0.6 is 0 Å². The van der Waals surface area contributed by atoms with Crippen molar-refractivity contribution in [1.29, 1.82) is 0 Å². The Hall–Kier alpha value is -4.13. The number of carbonyl (C=O) groups is 2. The number of halogens is 1. The molecular weight excluding hydrogens is 413 g/mol. The molecule has 6 nitrogen and oxygen atoms in total. The summed E-state index contributed by atoms with van der Waals surface area (Å²) in [7, 11) is 0. The lowest BCUT2D eigenvalue weighted by atomic mass is 9.94. The van der Waals surface area contributed by atoms with Crippen LogP contribution in [0, 0.1) is 5.82 Å². The molecule has 5 rings (SSSR count). The summed E-state index contributed by atoms with van der Waals surface area (Å²) in [4.78, 5) is 27.4. The molecule has 1 atom stereocenters. The van der Waals surface area contributed by atoms with E-state index >= 15 is 0 Å². The molecule has 2 heterocycles. The van der Waals surface area contributed by atoms with Gasteiger partial charge in [-0.1, -0.05) is 36.4 Å². The molecule has 0 aromatic heterocycles. The summed E-state index contributed by atoms with van der Waals surface area (Å²) in [6.45, 7) is 0.763. The number of para-hydroxylation sites is 1. The highest BCUT2D eigenvalue weighted by atomic mass is 19.1. The highest BCUT2D eigenvalue weighted by molar-refractivity contribution is 6.51. The van der Waals surface area contributed by atoms with Crippen molar-refractivity contribution in [3.63, 3.8) is 0 Å². The number of ether oxygens (including phenoxy) is 2. The van der Waals surface area contributed by atoms with E-state index < -0.39 is 29.3 Å². The Labute approximate surface area is 183 Å². The molecule has 1 amide bonds. The van der Waals surface area contributed by atoms with E-state index in [-0.39, 0.29) is 16.7 Å². The number of amides is 1. The maximum atomic E-state index is 14.9. The van der Waals surface area contributed by atoms with Crippen molar-refractivity contribution in [1.82, 2.24) is 0 Å². The van der Waals surface area contributed by atoms with E-state index in [9.17, 15) is 19.1 Å². The van der Waals surface area contributed by atoms with Crippen LogP contribution in [0.1, 0.15) is 17.2 Å². The van der Waals surface area contributed by atoms with Crippen LogP contribution in [-0.4, -0.2) is 30.0 Å². The van der Waals surface area contributed by atoms with Crippen molar-refractivity contribution >= 4 is 23.1 Å². The number of aliphatic hydroxyl groups is 1. The summed E-state index contributed by atoms with van der Waals surface area (Å²) in [6, 6.07) is 18.0. The standard InChI is InChI=1S/C25H18FNO5/c26-18-9-5-4-8-17(18)22-21(24(29)25(30)27(22)16-6-2-1-3-7-16)23(28)15-10-11-19-20(14-15)32-13-12-31-19/h1-11,14,22,28H,12-13H2/b23-21+. The second-order valence-electron chi connectivity index (χ2n) is 7.38. The third-order valence-electron chi connectivity index (χ3n) is 5.49. The number of aliphatic hydroxyl groups excluding tert-OH is 1. The van der Waals surface area contributed by atoms with Gasteiger partial charge in [0, 0.05) is 16.8 Å². The summed E-state index contributed by atoms with van der Waals surface area (Å²) in [5, 5.41) is 11.2. The molecule has 32 heavy (non-hydrogen) atoms. The van der Waals surface area contributed by atoms with E-state index in [2.05, 4.69) is 0 Å². The molecular formula is C25H18FNO5. The zero-order chi connectivity index (χ0) is 22.2. The van der Waals surface area contributed by atoms with Gasteiger partial charge in [0.25, 0.3) is 11.7 Å². The molecule has 2 aliphatic heterocycles. The van der Waals surface area contributed by atoms with Crippen LogP contribution in [0.2, 0.25) is 0 Å². The first-order chi connectivity index (χ1) is 15.6. The number of Topliss-reactive ketones (excluding diaryl/α,β-unsaturated/α-hetero) is 1. The van der Waals surface area contributed by atoms with Gasteiger partial charge < -0.3 is 14.6 Å². The molecule has 0 saturated carbocycles. The molecule has 1 fully saturated rings. The smallest absolute Gasteiger partial charge is 0.300 e. The lowest BCUT2D eigenvalue weighted by Crippen LogP contribution is -2.29. The fourth-order valence-corrected chi connectivity index (χ4v) is 4.02. The van der Waals surface area contributed by atoms with Crippen LogP contribution in [-0.2, 0) is 9.59 Å². The predicted octanol–water partition coefficient (Wildman–Crippen LogP) is 4.22. The van der Waals surface area contributed by atoms with Gasteiger partial charge >= 0.3 is 0 Å². The van der Waals surface area contributed by atoms with Crippen molar-refractivity contribution in [2.24, 2.45) is 0 Å². The SMILES string of the molecule is O=C1C(=O)N(c2ccccc2)C(c2ccccc2F)/C1=C(\O)c1ccc2c(c1)OCCO2. The lowest BCUT2D eigenvalue weighted by Gasteiger charge is -2.25. The minimum absolute atomic E-state index is 0.106. The summed E-state index contributed by atoms with van der Waals surface area (Å²) in [5.74, 6) is -1.80. The normalized spacial score (nSPS) is 19.3. The van der Waals surface area contributed by atoms with E-state index in [1.54, 1.807) is 48.5 Å². The lowest BCUT2D eigenvalue weighted by molar-refractivity contribution is -0.132. The van der Waals surface area contributed by atoms with Crippen molar-refractivity contribution in [3.8, 4) is 11.5 Å². The van der Waals surface area contributed by atoms with E-state index in [0.717, 1.165) is 0 Å². The first kappa shape index (κ1) is 19.8. The van der Waals surface area contributed by atoms with E-state index in [0.29, 0.717) is 30.4 Å². The number of ketones is 1. The van der Waals surface area contributed by atoms with Gasteiger partial charge in [-0.25, -0.2) is 4.39 Å². The Balaban J connectivity index is 1.71. The zero-order valence-corrected chi connectivity index (χ0v) is 16.8. The third-order valence-corrected chi connectivity index (χ3v) is 5.49. The molecule has 1 saturated heterocycles. The van der Waals surface area contributed by atoms with Gasteiger partial charge in [-0.15, -0.1) is 0 Å². The number of carbonyl (C=O) groups excluding carboxylic acids is 2. The van der Waals surface area contributed by atoms with Crippen molar-refractivity contribution in [3.05, 3.63) is 95.3 Å². The van der Waals surface area contributed by atoms with Crippen LogP contribution in [0.25, 0.3) is 5.76 Å². The third kappa shape index (κ3) is 3.19. The minimum Gasteiger partial charge on any atom is -0.507 e. The van der Waals surface area contributed by atoms with Crippen LogP contribution < -0.4 is 14.4 Å². The number of anilines is 1. The second-order valence-corrected chi connectivity index (χ2v) is 7.38. The Bertz CT molecular complexity index is 1250. The van der Waals surface area contributed by atoms with E-state index in [1.807, 2.05) is 0 Å². The summed E-state index contributed by atoms with van der Waals surface area (Å²) in [6.07, 6.45) is 0. The van der Waals surface area contributed by atoms with Gasteiger partial charge in [-0.05, 0) is 36.4 Å². The van der Waals surface area contributed by atoms with Gasteiger partial charge in [0.05, 0.1) is 11.6 Å². The summed E-state index contributed by atoms with van der Waals surface area (Å²) < 4.78 is 25.9. The molecule has 7 heteroatoms. The van der Waals surface area contributed by atoms with E-state index in [1.165, 1.54) is 29.2 Å². The van der Waals surface area contributed by atoms with Crippen LogP contribution in [0.5, 0.6) is 11.5 Å². The second kappa shape index (κ2) is 7.85. The number of nitrogens with zero attached hydrogens (tertiary/aromatic N) is 1. The maximum absolute atomic E-state index is 14.9. The van der Waals surface area contributed by atoms with Crippen LogP contribution in [0.3, 0.4) is 0 Å². The van der Waals surface area contributed by atoms with Crippen molar-refractivity contribution < 1.29 is 28.6 Å². The number of benzene rings is 3. The monoisotopic (exact) mass is 431 g/mol. The predicted molar refractivity (Wildman–Crippen MR) is 115 cm³/mol. The molecule has 0 radical (unpaired) electrons. The Morgan fingerprint density at radius 3 is 2.34 bits per heavy atom. The minimum atomic E-state index is -1.13. The number of fused-ring (bicyclic) bond motifs is 1. The highest BCUT2D eigenvalue weighted by Crippen LogP contribution is 2.43. The maximum Gasteiger partial charge on any atom is 0.300 e. The van der Waals surface area contributed by atoms with Crippen LogP contribution in [0.15, 0.2) is 78.4 Å². The first-order valence-electron chi connectivity index (χ1n) is 10.1. The van der Waals surface area contributed by atoms with Crippen molar-refractivity contribution in [2.75, 3.05) is 18.1 Å². The van der Waals surface area contributed by atoms with Crippen molar-refractivity contribution in [2.45, 2.75) is 6.04 Å². The van der Waals surface area contributed by atoms with Gasteiger partial charge in [-0.3, -0.25) is 14.5 Å². The van der Waals surface area contributed by atoms with Crippen LogP contribution in [0.4, 0.5) is 10.1 Å². The molecule has 0 bridgehead atoms.